The van der Waals surface area contributed by atoms with E-state index in [9.17, 15) is 9.59 Å². The second-order valence-corrected chi connectivity index (χ2v) is 4.48. The molecule has 0 aromatic carbocycles. The smallest absolute Gasteiger partial charge is 0.270 e. The number of nitrogens with one attached hydrogen (secondary N) is 3. The van der Waals surface area contributed by atoms with Crippen molar-refractivity contribution in [2.24, 2.45) is 0 Å². The summed E-state index contributed by atoms with van der Waals surface area (Å²) in [6, 6.07) is 3.76. The van der Waals surface area contributed by atoms with Gasteiger partial charge in [0.1, 0.15) is 5.69 Å². The molecule has 1 aromatic rings. The molecule has 3 N–H and O–H groups in total. The second kappa shape index (κ2) is 6.17. The van der Waals surface area contributed by atoms with E-state index in [1.807, 2.05) is 6.92 Å². The third-order valence-corrected chi connectivity index (χ3v) is 2.73. The third kappa shape index (κ3) is 4.24. The molecular formula is C13H18N4O2. The lowest BCUT2D eigenvalue weighted by Crippen LogP contribution is -2.38. The zero-order valence-corrected chi connectivity index (χ0v) is 10.9. The molecular weight excluding hydrogens is 244 g/mol. The van der Waals surface area contributed by atoms with E-state index in [2.05, 4.69) is 20.9 Å². The number of rotatable bonds is 6. The van der Waals surface area contributed by atoms with E-state index in [-0.39, 0.29) is 18.4 Å². The van der Waals surface area contributed by atoms with Gasteiger partial charge in [0.2, 0.25) is 5.91 Å². The van der Waals surface area contributed by atoms with Crippen molar-refractivity contribution < 1.29 is 9.59 Å². The highest BCUT2D eigenvalue weighted by Gasteiger charge is 2.23. The average Bonchev–Trinajstić information content (AvgIpc) is 3.20. The molecule has 1 saturated carbocycles. The zero-order chi connectivity index (χ0) is 13.7. The van der Waals surface area contributed by atoms with Crippen LogP contribution < -0.4 is 16.0 Å². The number of carbonyl (C=O) groups is 2. The maximum absolute atomic E-state index is 11.8. The standard InChI is InChI=1S/C13H18N4O2/c1-2-14-10-5-6-15-11(7-10)13(19)16-8-12(18)17-9-3-4-9/h5-7,9H,2-4,8H2,1H3,(H,14,15)(H,16,19)(H,17,18). The Balaban J connectivity index is 1.84. The Labute approximate surface area is 112 Å². The summed E-state index contributed by atoms with van der Waals surface area (Å²) in [5, 5.41) is 8.47. The molecule has 1 aromatic heterocycles. The van der Waals surface area contributed by atoms with Crippen molar-refractivity contribution in [3.63, 3.8) is 0 Å². The summed E-state index contributed by atoms with van der Waals surface area (Å²) >= 11 is 0. The Kier molecular flexibility index (Phi) is 4.33. The van der Waals surface area contributed by atoms with Crippen molar-refractivity contribution in [2.45, 2.75) is 25.8 Å². The largest absolute Gasteiger partial charge is 0.385 e. The molecule has 1 fully saturated rings. The van der Waals surface area contributed by atoms with Crippen LogP contribution in [0.25, 0.3) is 0 Å². The first-order valence-corrected chi connectivity index (χ1v) is 6.46. The van der Waals surface area contributed by atoms with Gasteiger partial charge in [-0.3, -0.25) is 14.6 Å². The Bertz CT molecular complexity index is 471. The van der Waals surface area contributed by atoms with E-state index in [0.29, 0.717) is 11.7 Å². The Morgan fingerprint density at radius 1 is 1.42 bits per heavy atom. The quantitative estimate of drug-likeness (QED) is 0.698. The molecule has 0 atom stereocenters. The monoisotopic (exact) mass is 262 g/mol. The average molecular weight is 262 g/mol. The number of pyridine rings is 1. The van der Waals surface area contributed by atoms with Crippen LogP contribution in [0.3, 0.4) is 0 Å². The number of hydrogen-bond acceptors (Lipinski definition) is 4. The molecule has 0 unspecified atom stereocenters. The molecule has 1 aliphatic rings. The number of amides is 2. The second-order valence-electron chi connectivity index (χ2n) is 4.48. The topological polar surface area (TPSA) is 83.1 Å². The van der Waals surface area contributed by atoms with Crippen LogP contribution in [0.1, 0.15) is 30.3 Å². The molecule has 1 aliphatic carbocycles. The van der Waals surface area contributed by atoms with E-state index < -0.39 is 0 Å². The van der Waals surface area contributed by atoms with Gasteiger partial charge >= 0.3 is 0 Å². The van der Waals surface area contributed by atoms with Crippen LogP contribution in [-0.2, 0) is 4.79 Å². The molecule has 19 heavy (non-hydrogen) atoms. The summed E-state index contributed by atoms with van der Waals surface area (Å²) in [6.07, 6.45) is 3.63. The van der Waals surface area contributed by atoms with Gasteiger partial charge in [-0.1, -0.05) is 0 Å². The zero-order valence-electron chi connectivity index (χ0n) is 10.9. The van der Waals surface area contributed by atoms with Gasteiger partial charge in [-0.15, -0.1) is 0 Å². The van der Waals surface area contributed by atoms with Crippen LogP contribution in [0.2, 0.25) is 0 Å². The van der Waals surface area contributed by atoms with Crippen LogP contribution in [0.15, 0.2) is 18.3 Å². The van der Waals surface area contributed by atoms with Crippen molar-refractivity contribution >= 4 is 17.5 Å². The van der Waals surface area contributed by atoms with Gasteiger partial charge in [-0.05, 0) is 31.9 Å². The lowest BCUT2D eigenvalue weighted by atomic mass is 10.3. The van der Waals surface area contributed by atoms with Crippen LogP contribution in [0, 0.1) is 0 Å². The van der Waals surface area contributed by atoms with Crippen LogP contribution in [0.5, 0.6) is 0 Å². The fourth-order valence-electron chi connectivity index (χ4n) is 1.63. The highest BCUT2D eigenvalue weighted by Crippen LogP contribution is 2.18. The summed E-state index contributed by atoms with van der Waals surface area (Å²) in [5.41, 5.74) is 1.14. The first-order valence-electron chi connectivity index (χ1n) is 6.46. The van der Waals surface area contributed by atoms with E-state index in [0.717, 1.165) is 25.1 Å². The lowest BCUT2D eigenvalue weighted by Gasteiger charge is -2.07. The molecule has 0 saturated heterocycles. The number of hydrogen-bond donors (Lipinski definition) is 3. The normalized spacial score (nSPS) is 13.7. The van der Waals surface area contributed by atoms with Crippen molar-refractivity contribution in [3.05, 3.63) is 24.0 Å². The SMILES string of the molecule is CCNc1ccnc(C(=O)NCC(=O)NC2CC2)c1. The van der Waals surface area contributed by atoms with E-state index >= 15 is 0 Å². The van der Waals surface area contributed by atoms with E-state index in [1.165, 1.54) is 0 Å². The fourth-order valence-corrected chi connectivity index (χ4v) is 1.63. The molecule has 2 amide bonds. The number of carbonyl (C=O) groups excluding carboxylic acids is 2. The fraction of sp³-hybridized carbons (Fsp3) is 0.462. The van der Waals surface area contributed by atoms with Crippen LogP contribution >= 0.6 is 0 Å². The first-order chi connectivity index (χ1) is 9.19. The summed E-state index contributed by atoms with van der Waals surface area (Å²) in [7, 11) is 0. The first kappa shape index (κ1) is 13.3. The maximum atomic E-state index is 11.8. The Hall–Kier alpha value is -2.11. The Morgan fingerprint density at radius 2 is 2.21 bits per heavy atom. The van der Waals surface area contributed by atoms with E-state index in [4.69, 9.17) is 0 Å². The van der Waals surface area contributed by atoms with Gasteiger partial charge < -0.3 is 16.0 Å². The Morgan fingerprint density at radius 3 is 2.89 bits per heavy atom. The highest BCUT2D eigenvalue weighted by molar-refractivity contribution is 5.95. The van der Waals surface area contributed by atoms with Gasteiger partial charge in [0.05, 0.1) is 6.54 Å². The third-order valence-electron chi connectivity index (χ3n) is 2.73. The summed E-state index contributed by atoms with van der Waals surface area (Å²) in [6.45, 7) is 2.74. The highest BCUT2D eigenvalue weighted by atomic mass is 16.2. The predicted octanol–water partition coefficient (Wildman–Crippen LogP) is 0.522. The minimum atomic E-state index is -0.342. The summed E-state index contributed by atoms with van der Waals surface area (Å²) in [5.74, 6) is -0.496. The molecule has 0 radical (unpaired) electrons. The molecule has 0 aliphatic heterocycles. The molecule has 102 valence electrons. The van der Waals surface area contributed by atoms with Crippen LogP contribution in [0.4, 0.5) is 5.69 Å². The van der Waals surface area contributed by atoms with Crippen molar-refractivity contribution in [3.8, 4) is 0 Å². The van der Waals surface area contributed by atoms with Crippen molar-refractivity contribution in [1.29, 1.82) is 0 Å². The van der Waals surface area contributed by atoms with Gasteiger partial charge in [0.15, 0.2) is 0 Å². The summed E-state index contributed by atoms with van der Waals surface area (Å²) < 4.78 is 0. The molecule has 6 nitrogen and oxygen atoms in total. The van der Waals surface area contributed by atoms with Gasteiger partial charge in [0.25, 0.3) is 5.91 Å². The number of anilines is 1. The molecule has 1 heterocycles. The number of nitrogens with zero attached hydrogens (tertiary/aromatic N) is 1. The van der Waals surface area contributed by atoms with Gasteiger partial charge in [-0.25, -0.2) is 0 Å². The molecule has 0 bridgehead atoms. The lowest BCUT2D eigenvalue weighted by molar-refractivity contribution is -0.120. The predicted molar refractivity (Wildman–Crippen MR) is 71.9 cm³/mol. The van der Waals surface area contributed by atoms with Gasteiger partial charge in [-0.2, -0.15) is 0 Å². The number of aromatic nitrogens is 1. The minimum absolute atomic E-state index is 0.0115. The molecule has 0 spiro atoms. The minimum Gasteiger partial charge on any atom is -0.385 e. The summed E-state index contributed by atoms with van der Waals surface area (Å²) in [4.78, 5) is 27.3. The maximum Gasteiger partial charge on any atom is 0.270 e. The van der Waals surface area contributed by atoms with Crippen LogP contribution in [-0.4, -0.2) is 35.9 Å². The van der Waals surface area contributed by atoms with Gasteiger partial charge in [0, 0.05) is 24.5 Å². The van der Waals surface area contributed by atoms with Crippen molar-refractivity contribution in [1.82, 2.24) is 15.6 Å². The molecule has 6 heteroatoms. The molecule has 2 rings (SSSR count). The van der Waals surface area contributed by atoms with E-state index in [1.54, 1.807) is 18.3 Å². The van der Waals surface area contributed by atoms with Crippen molar-refractivity contribution in [2.75, 3.05) is 18.4 Å².